The molecule has 2 fully saturated rings. The molecule has 0 radical (unpaired) electrons. The van der Waals surface area contributed by atoms with Crippen molar-refractivity contribution in [2.45, 2.75) is 31.1 Å². The fourth-order valence-electron chi connectivity index (χ4n) is 3.13. The summed E-state index contributed by atoms with van der Waals surface area (Å²) in [6.45, 7) is 3.23. The highest BCUT2D eigenvalue weighted by Crippen LogP contribution is 2.27. The molecule has 3 rings (SSSR count). The average Bonchev–Trinajstić information content (AvgIpc) is 3.08. The van der Waals surface area contributed by atoms with E-state index in [0.29, 0.717) is 0 Å². The van der Waals surface area contributed by atoms with Crippen molar-refractivity contribution in [3.63, 3.8) is 0 Å². The summed E-state index contributed by atoms with van der Waals surface area (Å²) < 4.78 is 22.9. The summed E-state index contributed by atoms with van der Waals surface area (Å²) in [6, 6.07) is 7.77. The molecule has 0 spiro atoms. The lowest BCUT2D eigenvalue weighted by Gasteiger charge is -2.19. The highest BCUT2D eigenvalue weighted by molar-refractivity contribution is 8.14. The van der Waals surface area contributed by atoms with E-state index < -0.39 is 14.3 Å². The number of amides is 1. The van der Waals surface area contributed by atoms with Crippen molar-refractivity contribution < 1.29 is 13.2 Å². The van der Waals surface area contributed by atoms with E-state index in [1.807, 2.05) is 24.3 Å². The molecule has 1 unspecified atom stereocenters. The van der Waals surface area contributed by atoms with Crippen molar-refractivity contribution in [3.8, 4) is 0 Å². The van der Waals surface area contributed by atoms with E-state index in [-0.39, 0.29) is 18.9 Å². The highest BCUT2D eigenvalue weighted by Gasteiger charge is 2.38. The van der Waals surface area contributed by atoms with Crippen molar-refractivity contribution in [1.82, 2.24) is 4.90 Å². The Kier molecular flexibility index (Phi) is 4.43. The molecular weight excluding hydrogens is 324 g/mol. The molecule has 1 amide bonds. The van der Waals surface area contributed by atoms with Gasteiger partial charge < -0.3 is 4.90 Å². The SMILES string of the molecule is O=C1CC(S(=O)(=O)Cl)CN1c1cccc(CN2CCCC2)c1. The first-order chi connectivity index (χ1) is 10.4. The van der Waals surface area contributed by atoms with Gasteiger partial charge in [-0.25, -0.2) is 8.42 Å². The first-order valence-electron chi connectivity index (χ1n) is 7.48. The molecule has 2 aliphatic heterocycles. The van der Waals surface area contributed by atoms with Gasteiger partial charge in [0, 0.05) is 35.9 Å². The maximum Gasteiger partial charge on any atom is 0.237 e. The molecule has 120 valence electrons. The van der Waals surface area contributed by atoms with E-state index in [0.717, 1.165) is 30.9 Å². The van der Waals surface area contributed by atoms with Crippen LogP contribution in [0.15, 0.2) is 24.3 Å². The van der Waals surface area contributed by atoms with E-state index >= 15 is 0 Å². The van der Waals surface area contributed by atoms with Crippen LogP contribution in [-0.2, 0) is 20.4 Å². The average molecular weight is 343 g/mol. The van der Waals surface area contributed by atoms with E-state index in [1.165, 1.54) is 17.7 Å². The lowest BCUT2D eigenvalue weighted by Crippen LogP contribution is -2.27. The monoisotopic (exact) mass is 342 g/mol. The third-order valence-corrected chi connectivity index (χ3v) is 6.18. The Hall–Kier alpha value is -1.11. The Morgan fingerprint density at radius 3 is 2.59 bits per heavy atom. The zero-order chi connectivity index (χ0) is 15.7. The van der Waals surface area contributed by atoms with Gasteiger partial charge in [-0.15, -0.1) is 0 Å². The second kappa shape index (κ2) is 6.18. The second-order valence-electron chi connectivity index (χ2n) is 5.96. The van der Waals surface area contributed by atoms with Crippen LogP contribution in [0.5, 0.6) is 0 Å². The number of hydrogen-bond acceptors (Lipinski definition) is 4. The molecule has 5 nitrogen and oxygen atoms in total. The standard InChI is InChI=1S/C15H19ClN2O3S/c16-22(20,21)14-9-15(19)18(11-14)13-5-3-4-12(8-13)10-17-6-1-2-7-17/h3-5,8,14H,1-2,6-7,9-11H2. The molecule has 1 atom stereocenters. The molecule has 2 saturated heterocycles. The maximum absolute atomic E-state index is 12.1. The minimum absolute atomic E-state index is 0.0395. The van der Waals surface area contributed by atoms with Crippen molar-refractivity contribution >= 4 is 31.3 Å². The van der Waals surface area contributed by atoms with Crippen LogP contribution < -0.4 is 4.90 Å². The van der Waals surface area contributed by atoms with Gasteiger partial charge in [0.25, 0.3) is 0 Å². The van der Waals surface area contributed by atoms with Gasteiger partial charge in [0.15, 0.2) is 0 Å². The number of rotatable bonds is 4. The number of likely N-dealkylation sites (tertiary alicyclic amines) is 1. The second-order valence-corrected chi connectivity index (χ2v) is 8.87. The molecule has 0 aromatic heterocycles. The van der Waals surface area contributed by atoms with Crippen molar-refractivity contribution in [2.75, 3.05) is 24.5 Å². The minimum atomic E-state index is -3.70. The highest BCUT2D eigenvalue weighted by atomic mass is 35.7. The Bertz CT molecular complexity index is 671. The molecule has 1 aromatic carbocycles. The quantitative estimate of drug-likeness (QED) is 0.785. The Morgan fingerprint density at radius 2 is 1.95 bits per heavy atom. The number of hydrogen-bond donors (Lipinski definition) is 0. The summed E-state index contributed by atoms with van der Waals surface area (Å²) in [6.07, 6.45) is 2.43. The van der Waals surface area contributed by atoms with Crippen LogP contribution in [0.3, 0.4) is 0 Å². The van der Waals surface area contributed by atoms with Gasteiger partial charge in [-0.1, -0.05) is 12.1 Å². The number of nitrogens with zero attached hydrogens (tertiary/aromatic N) is 2. The molecule has 2 heterocycles. The third-order valence-electron chi connectivity index (χ3n) is 4.31. The largest absolute Gasteiger partial charge is 0.311 e. The Labute approximate surface area is 135 Å². The van der Waals surface area contributed by atoms with E-state index in [9.17, 15) is 13.2 Å². The summed E-state index contributed by atoms with van der Waals surface area (Å²) in [5, 5.41) is -0.816. The summed E-state index contributed by atoms with van der Waals surface area (Å²) in [5.41, 5.74) is 1.90. The molecule has 22 heavy (non-hydrogen) atoms. The lowest BCUT2D eigenvalue weighted by molar-refractivity contribution is -0.117. The van der Waals surface area contributed by atoms with Crippen molar-refractivity contribution in [2.24, 2.45) is 0 Å². The number of anilines is 1. The number of halogens is 1. The normalized spacial score (nSPS) is 23.4. The third kappa shape index (κ3) is 3.45. The molecule has 1 aromatic rings. The van der Waals surface area contributed by atoms with E-state index in [2.05, 4.69) is 4.90 Å². The maximum atomic E-state index is 12.1. The Balaban J connectivity index is 1.76. The number of carbonyl (C=O) groups is 1. The van der Waals surface area contributed by atoms with Crippen LogP contribution in [0.2, 0.25) is 0 Å². The number of benzene rings is 1. The Morgan fingerprint density at radius 1 is 1.23 bits per heavy atom. The predicted octanol–water partition coefficient (Wildman–Crippen LogP) is 1.96. The van der Waals surface area contributed by atoms with Crippen LogP contribution >= 0.6 is 10.7 Å². The molecule has 0 N–H and O–H groups in total. The molecule has 2 aliphatic rings. The summed E-state index contributed by atoms with van der Waals surface area (Å²) in [5.74, 6) is -0.187. The topological polar surface area (TPSA) is 57.7 Å². The van der Waals surface area contributed by atoms with Crippen LogP contribution in [0, 0.1) is 0 Å². The minimum Gasteiger partial charge on any atom is -0.311 e. The van der Waals surface area contributed by atoms with Gasteiger partial charge in [-0.3, -0.25) is 9.69 Å². The van der Waals surface area contributed by atoms with E-state index in [4.69, 9.17) is 10.7 Å². The van der Waals surface area contributed by atoms with Crippen LogP contribution in [-0.4, -0.2) is 44.1 Å². The van der Waals surface area contributed by atoms with Crippen molar-refractivity contribution in [3.05, 3.63) is 29.8 Å². The van der Waals surface area contributed by atoms with Gasteiger partial charge in [0.1, 0.15) is 5.25 Å². The fraction of sp³-hybridized carbons (Fsp3) is 0.533. The van der Waals surface area contributed by atoms with Crippen LogP contribution in [0.4, 0.5) is 5.69 Å². The summed E-state index contributed by atoms with van der Waals surface area (Å²) in [7, 11) is 1.69. The first kappa shape index (κ1) is 15.8. The van der Waals surface area contributed by atoms with Gasteiger partial charge in [-0.05, 0) is 43.6 Å². The molecule has 7 heteroatoms. The van der Waals surface area contributed by atoms with Gasteiger partial charge in [-0.2, -0.15) is 0 Å². The number of carbonyl (C=O) groups excluding carboxylic acids is 1. The molecular formula is C15H19ClN2O3S. The van der Waals surface area contributed by atoms with Crippen LogP contribution in [0.1, 0.15) is 24.8 Å². The smallest absolute Gasteiger partial charge is 0.237 e. The van der Waals surface area contributed by atoms with Gasteiger partial charge in [0.05, 0.1) is 0 Å². The first-order valence-corrected chi connectivity index (χ1v) is 9.86. The summed E-state index contributed by atoms with van der Waals surface area (Å²) >= 11 is 0. The molecule has 0 bridgehead atoms. The predicted molar refractivity (Wildman–Crippen MR) is 86.5 cm³/mol. The van der Waals surface area contributed by atoms with Gasteiger partial charge >= 0.3 is 0 Å². The fourth-order valence-corrected chi connectivity index (χ4v) is 4.16. The molecule has 0 aliphatic carbocycles. The lowest BCUT2D eigenvalue weighted by atomic mass is 10.2. The molecule has 0 saturated carbocycles. The zero-order valence-electron chi connectivity index (χ0n) is 12.2. The van der Waals surface area contributed by atoms with Crippen molar-refractivity contribution in [1.29, 1.82) is 0 Å². The van der Waals surface area contributed by atoms with Crippen LogP contribution in [0.25, 0.3) is 0 Å². The summed E-state index contributed by atoms with van der Waals surface area (Å²) in [4.78, 5) is 16.0. The van der Waals surface area contributed by atoms with E-state index in [1.54, 1.807) is 0 Å². The van der Waals surface area contributed by atoms with Gasteiger partial charge in [0.2, 0.25) is 15.0 Å². The zero-order valence-corrected chi connectivity index (χ0v) is 13.8.